The van der Waals surface area contributed by atoms with Crippen molar-refractivity contribution in [3.8, 4) is 0 Å². The second kappa shape index (κ2) is 12.8. The Morgan fingerprint density at radius 2 is 1.37 bits per heavy atom. The third-order valence-corrected chi connectivity index (χ3v) is 6.04. The summed E-state index contributed by atoms with van der Waals surface area (Å²) < 4.78 is 22.0. The van der Waals surface area contributed by atoms with Gasteiger partial charge in [0.05, 0.1) is 19.8 Å². The van der Waals surface area contributed by atoms with Gasteiger partial charge in [-0.25, -0.2) is 0 Å². The zero-order valence-corrected chi connectivity index (χ0v) is 17.3. The Morgan fingerprint density at radius 3 is 1.97 bits per heavy atom. The molecule has 0 spiro atoms. The van der Waals surface area contributed by atoms with Gasteiger partial charge in [-0.3, -0.25) is 0 Å². The molecule has 12 nitrogen and oxygen atoms in total. The van der Waals surface area contributed by atoms with E-state index in [1.807, 2.05) is 0 Å². The molecule has 2 aliphatic rings. The predicted octanol–water partition coefficient (Wildman–Crippen LogP) is -4.29. The first-order valence-electron chi connectivity index (χ1n) is 9.83. The third kappa shape index (κ3) is 6.45. The van der Waals surface area contributed by atoms with Crippen LogP contribution in [0.2, 0.25) is 0 Å². The number of rotatable bonds is 11. The molecule has 178 valence electrons. The Kier molecular flexibility index (Phi) is 11.1. The van der Waals surface area contributed by atoms with Crippen LogP contribution < -0.4 is 5.73 Å². The molecule has 2 fully saturated rings. The molecule has 0 radical (unpaired) electrons. The largest absolute Gasteiger partial charge is 0.394 e. The highest BCUT2D eigenvalue weighted by Crippen LogP contribution is 2.29. The van der Waals surface area contributed by atoms with Crippen LogP contribution in [0.15, 0.2) is 0 Å². The summed E-state index contributed by atoms with van der Waals surface area (Å²) in [4.78, 5) is 0. The van der Waals surface area contributed by atoms with E-state index < -0.39 is 74.6 Å². The van der Waals surface area contributed by atoms with E-state index in [2.05, 4.69) is 0 Å². The molecule has 13 heteroatoms. The van der Waals surface area contributed by atoms with Gasteiger partial charge in [-0.15, -0.1) is 0 Å². The van der Waals surface area contributed by atoms with Crippen molar-refractivity contribution in [1.82, 2.24) is 0 Å². The number of aliphatic hydroxyl groups is 7. The molecular weight excluding hydrogens is 426 g/mol. The van der Waals surface area contributed by atoms with E-state index in [4.69, 9.17) is 24.7 Å². The van der Waals surface area contributed by atoms with Crippen molar-refractivity contribution < 1.29 is 54.7 Å². The van der Waals surface area contributed by atoms with Gasteiger partial charge in [0.25, 0.3) is 0 Å². The van der Waals surface area contributed by atoms with Crippen molar-refractivity contribution in [1.29, 1.82) is 0 Å². The van der Waals surface area contributed by atoms with Crippen LogP contribution in [0.4, 0.5) is 0 Å². The summed E-state index contributed by atoms with van der Waals surface area (Å²) in [5, 5.41) is 69.3. The quantitative estimate of drug-likeness (QED) is 0.138. The van der Waals surface area contributed by atoms with Crippen LogP contribution in [0, 0.1) is 0 Å². The van der Waals surface area contributed by atoms with E-state index in [9.17, 15) is 35.7 Å². The topological polar surface area (TPSA) is 205 Å². The second-order valence-corrected chi connectivity index (χ2v) is 8.35. The van der Waals surface area contributed by atoms with Gasteiger partial charge < -0.3 is 60.4 Å². The van der Waals surface area contributed by atoms with E-state index in [0.29, 0.717) is 13.0 Å². The summed E-state index contributed by atoms with van der Waals surface area (Å²) >= 11 is 1.64. The summed E-state index contributed by atoms with van der Waals surface area (Å²) in [7, 11) is 0. The van der Waals surface area contributed by atoms with Gasteiger partial charge in [0.1, 0.15) is 48.8 Å². The van der Waals surface area contributed by atoms with Crippen molar-refractivity contribution >= 4 is 11.8 Å². The molecule has 0 aromatic rings. The zero-order chi connectivity index (χ0) is 22.3. The number of hydrogen-bond acceptors (Lipinski definition) is 13. The van der Waals surface area contributed by atoms with E-state index in [-0.39, 0.29) is 6.61 Å². The molecule has 0 unspecified atom stereocenters. The normalized spacial score (nSPS) is 42.4. The first-order valence-corrected chi connectivity index (χ1v) is 11.0. The molecule has 2 aliphatic heterocycles. The monoisotopic (exact) mass is 459 g/mol. The molecule has 2 saturated heterocycles. The fourth-order valence-electron chi connectivity index (χ4n) is 3.22. The van der Waals surface area contributed by atoms with Crippen LogP contribution in [-0.2, 0) is 18.9 Å². The molecule has 0 bridgehead atoms. The maximum absolute atomic E-state index is 10.5. The minimum Gasteiger partial charge on any atom is -0.394 e. The number of aliphatic hydroxyl groups excluding tert-OH is 7. The zero-order valence-electron chi connectivity index (χ0n) is 16.5. The van der Waals surface area contributed by atoms with Gasteiger partial charge >= 0.3 is 0 Å². The van der Waals surface area contributed by atoms with E-state index in [1.165, 1.54) is 0 Å². The Labute approximate surface area is 178 Å². The first-order chi connectivity index (χ1) is 14.3. The fraction of sp³-hybridized carbons (Fsp3) is 1.00. The molecule has 0 aromatic heterocycles. The number of hydrogen-bond donors (Lipinski definition) is 8. The minimum absolute atomic E-state index is 0.220. The summed E-state index contributed by atoms with van der Waals surface area (Å²) in [5.74, 6) is 1.58. The highest BCUT2D eigenvalue weighted by Gasteiger charge is 2.50. The molecule has 0 aromatic carbocycles. The number of thioether (sulfide) groups is 1. The van der Waals surface area contributed by atoms with Crippen LogP contribution in [0.5, 0.6) is 0 Å². The molecule has 2 rings (SSSR count). The highest BCUT2D eigenvalue weighted by atomic mass is 32.2. The first kappa shape index (κ1) is 26.1. The van der Waals surface area contributed by atoms with Crippen LogP contribution in [0.25, 0.3) is 0 Å². The molecule has 0 saturated carbocycles. The van der Waals surface area contributed by atoms with E-state index in [1.54, 1.807) is 11.8 Å². The highest BCUT2D eigenvalue weighted by molar-refractivity contribution is 7.99. The average molecular weight is 460 g/mol. The number of ether oxygens (including phenoxy) is 4. The van der Waals surface area contributed by atoms with Crippen molar-refractivity contribution in [3.05, 3.63) is 0 Å². The lowest BCUT2D eigenvalue weighted by atomic mass is 9.97. The van der Waals surface area contributed by atoms with Gasteiger partial charge in [0.15, 0.2) is 12.6 Å². The lowest BCUT2D eigenvalue weighted by Crippen LogP contribution is -2.64. The third-order valence-electron chi connectivity index (χ3n) is 4.94. The lowest BCUT2D eigenvalue weighted by Gasteiger charge is -2.45. The Hall–Kier alpha value is -0.130. The fourth-order valence-corrected chi connectivity index (χ4v) is 3.91. The van der Waals surface area contributed by atoms with Gasteiger partial charge in [-0.2, -0.15) is 11.8 Å². The lowest BCUT2D eigenvalue weighted by molar-refractivity contribution is -0.367. The molecule has 2 heterocycles. The van der Waals surface area contributed by atoms with Crippen LogP contribution in [-0.4, -0.2) is 135 Å². The smallest absolute Gasteiger partial charge is 0.187 e. The maximum atomic E-state index is 10.5. The summed E-state index contributed by atoms with van der Waals surface area (Å²) in [6.45, 7) is -0.437. The Morgan fingerprint density at radius 1 is 0.767 bits per heavy atom. The van der Waals surface area contributed by atoms with E-state index in [0.717, 1.165) is 11.5 Å². The minimum atomic E-state index is -1.70. The molecule has 0 amide bonds. The van der Waals surface area contributed by atoms with Crippen molar-refractivity contribution in [2.75, 3.05) is 37.9 Å². The molecule has 10 atom stereocenters. The van der Waals surface area contributed by atoms with Gasteiger partial charge in [0.2, 0.25) is 0 Å². The van der Waals surface area contributed by atoms with Crippen LogP contribution in [0.3, 0.4) is 0 Å². The average Bonchev–Trinajstić information content (AvgIpc) is 2.75. The summed E-state index contributed by atoms with van der Waals surface area (Å²) in [6, 6.07) is 0. The maximum Gasteiger partial charge on any atom is 0.187 e. The standard InChI is InChI=1S/C17H33NO11S/c18-2-5-30-4-1-3-26-17-15(13(24)11(22)9(7-20)28-17)29-16-14(25)12(23)10(21)8(6-19)27-16/h8-17,19-25H,1-7,18H2/t8-,9-,10-,11-,12+,13+,14+,15+,16+,17-/m1/s1. The van der Waals surface area contributed by atoms with Crippen molar-refractivity contribution in [3.63, 3.8) is 0 Å². The van der Waals surface area contributed by atoms with Crippen LogP contribution >= 0.6 is 11.8 Å². The Bertz CT molecular complexity index is 491. The van der Waals surface area contributed by atoms with Gasteiger partial charge in [-0.05, 0) is 12.2 Å². The Balaban J connectivity index is 2.04. The summed E-state index contributed by atoms with van der Waals surface area (Å²) in [5.41, 5.74) is 5.43. The molecule has 0 aliphatic carbocycles. The molecule has 9 N–H and O–H groups in total. The van der Waals surface area contributed by atoms with Gasteiger partial charge in [0, 0.05) is 12.3 Å². The number of nitrogens with two attached hydrogens (primary N) is 1. The molecule has 30 heavy (non-hydrogen) atoms. The second-order valence-electron chi connectivity index (χ2n) is 7.13. The molecular formula is C17H33NO11S. The van der Waals surface area contributed by atoms with Crippen LogP contribution in [0.1, 0.15) is 6.42 Å². The van der Waals surface area contributed by atoms with Gasteiger partial charge in [-0.1, -0.05) is 0 Å². The van der Waals surface area contributed by atoms with Crippen molar-refractivity contribution in [2.24, 2.45) is 5.73 Å². The predicted molar refractivity (Wildman–Crippen MR) is 103 cm³/mol. The van der Waals surface area contributed by atoms with E-state index >= 15 is 0 Å². The SMILES string of the molecule is NCCSCCCO[C@@H]1O[C@H](CO)[C@@H](O)[C@H](O)[C@@H]1O[C@@H]1O[C@H](CO)[C@@H](O)[C@H](O)[C@@H]1O. The van der Waals surface area contributed by atoms with Crippen molar-refractivity contribution in [2.45, 2.75) is 67.8 Å². The summed E-state index contributed by atoms with van der Waals surface area (Å²) in [6.07, 6.45) is -13.8.